The van der Waals surface area contributed by atoms with Crippen molar-refractivity contribution >= 4 is 11.6 Å². The highest BCUT2D eigenvalue weighted by atomic mass is 16.5. The molecule has 1 atom stereocenters. The number of ether oxygens (including phenoxy) is 1. The van der Waals surface area contributed by atoms with Gasteiger partial charge in [-0.2, -0.15) is 0 Å². The van der Waals surface area contributed by atoms with Crippen molar-refractivity contribution in [1.82, 2.24) is 10.2 Å². The Morgan fingerprint density at radius 1 is 1.15 bits per heavy atom. The van der Waals surface area contributed by atoms with Crippen LogP contribution in [-0.2, 0) is 17.9 Å². The number of carbonyl (C=O) groups excluding carboxylic acids is 1. The van der Waals surface area contributed by atoms with Crippen LogP contribution in [0, 0.1) is 5.92 Å². The maximum Gasteiger partial charge on any atom is 0.224 e. The number of para-hydroxylation sites is 1. The van der Waals surface area contributed by atoms with E-state index in [1.165, 1.54) is 0 Å². The van der Waals surface area contributed by atoms with Crippen LogP contribution in [-0.4, -0.2) is 42.6 Å². The Balaban J connectivity index is 1.62. The molecular weight excluding hydrogens is 422 g/mol. The highest BCUT2D eigenvalue weighted by Crippen LogP contribution is 2.25. The number of likely N-dealkylation sites (tertiary alicyclic amines) is 1. The van der Waals surface area contributed by atoms with Crippen molar-refractivity contribution in [3.05, 3.63) is 72.3 Å². The molecule has 1 heterocycles. The summed E-state index contributed by atoms with van der Waals surface area (Å²) in [6, 6.07) is 16.9. The molecule has 1 aliphatic rings. The van der Waals surface area contributed by atoms with Gasteiger partial charge < -0.3 is 19.9 Å². The average Bonchev–Trinajstić information content (AvgIpc) is 2.84. The molecule has 34 heavy (non-hydrogen) atoms. The second-order valence-corrected chi connectivity index (χ2v) is 9.67. The minimum absolute atomic E-state index is 0.0316. The van der Waals surface area contributed by atoms with Crippen molar-refractivity contribution in [3.8, 4) is 5.75 Å². The smallest absolute Gasteiger partial charge is 0.224 e. The molecule has 1 amide bonds. The summed E-state index contributed by atoms with van der Waals surface area (Å²) in [5.74, 6) is 1.34. The van der Waals surface area contributed by atoms with E-state index in [9.17, 15) is 4.79 Å². The van der Waals surface area contributed by atoms with Crippen molar-refractivity contribution in [3.63, 3.8) is 0 Å². The van der Waals surface area contributed by atoms with Crippen LogP contribution < -0.4 is 15.0 Å². The summed E-state index contributed by atoms with van der Waals surface area (Å²) in [5, 5.41) is 3.48. The van der Waals surface area contributed by atoms with Gasteiger partial charge in [-0.3, -0.25) is 4.79 Å². The van der Waals surface area contributed by atoms with Crippen molar-refractivity contribution in [2.75, 3.05) is 24.5 Å². The van der Waals surface area contributed by atoms with Gasteiger partial charge in [0.1, 0.15) is 11.9 Å². The van der Waals surface area contributed by atoms with Gasteiger partial charge in [-0.25, -0.2) is 0 Å². The fourth-order valence-corrected chi connectivity index (χ4v) is 4.37. The molecule has 0 saturated carbocycles. The van der Waals surface area contributed by atoms with E-state index < -0.39 is 0 Å². The molecule has 0 aromatic heterocycles. The molecule has 0 bridgehead atoms. The number of nitrogens with zero attached hydrogens (tertiary/aromatic N) is 2. The molecule has 184 valence electrons. The minimum atomic E-state index is 0.0316. The number of nitrogens with one attached hydrogen (secondary N) is 1. The number of anilines is 1. The standard InChI is InChI=1S/C29H41N3O2/c1-6-23(4)19-30-20-26-9-7-8-10-29(26)32(24(5)33)21-25-11-13-27(14-12-25)34-28-15-17-31(18-16-28)22(2)3/h6-14,22-23,28,30H,1,15-21H2,2-5H3. The van der Waals surface area contributed by atoms with Crippen LogP contribution in [0.5, 0.6) is 5.75 Å². The molecule has 1 aliphatic heterocycles. The number of hydrogen-bond donors (Lipinski definition) is 1. The van der Waals surface area contributed by atoms with E-state index in [0.717, 1.165) is 55.0 Å². The Morgan fingerprint density at radius 3 is 2.44 bits per heavy atom. The number of benzene rings is 2. The lowest BCUT2D eigenvalue weighted by Gasteiger charge is -2.34. The quantitative estimate of drug-likeness (QED) is 0.453. The third-order valence-electron chi connectivity index (χ3n) is 6.62. The maximum atomic E-state index is 12.6. The predicted octanol–water partition coefficient (Wildman–Crippen LogP) is 5.40. The van der Waals surface area contributed by atoms with E-state index >= 15 is 0 Å². The molecule has 5 nitrogen and oxygen atoms in total. The van der Waals surface area contributed by atoms with E-state index in [4.69, 9.17) is 4.74 Å². The van der Waals surface area contributed by atoms with Crippen LogP contribution in [0.4, 0.5) is 5.69 Å². The lowest BCUT2D eigenvalue weighted by atomic mass is 10.1. The molecule has 1 fully saturated rings. The van der Waals surface area contributed by atoms with Crippen LogP contribution in [0.2, 0.25) is 0 Å². The summed E-state index contributed by atoms with van der Waals surface area (Å²) in [6.07, 6.45) is 4.35. The first-order valence-corrected chi connectivity index (χ1v) is 12.6. The fourth-order valence-electron chi connectivity index (χ4n) is 4.37. The Bertz CT molecular complexity index is 917. The van der Waals surface area contributed by atoms with Gasteiger partial charge in [0.05, 0.1) is 6.54 Å². The van der Waals surface area contributed by atoms with Gasteiger partial charge in [0.2, 0.25) is 5.91 Å². The second-order valence-electron chi connectivity index (χ2n) is 9.67. The predicted molar refractivity (Wildman–Crippen MR) is 141 cm³/mol. The van der Waals surface area contributed by atoms with Crippen LogP contribution in [0.15, 0.2) is 61.2 Å². The first-order valence-electron chi connectivity index (χ1n) is 12.6. The molecule has 2 aromatic carbocycles. The summed E-state index contributed by atoms with van der Waals surface area (Å²) in [6.45, 7) is 16.4. The number of amides is 1. The Hall–Kier alpha value is -2.63. The van der Waals surface area contributed by atoms with Crippen molar-refractivity contribution in [2.24, 2.45) is 5.92 Å². The number of hydrogen-bond acceptors (Lipinski definition) is 4. The lowest BCUT2D eigenvalue weighted by molar-refractivity contribution is -0.116. The van der Waals surface area contributed by atoms with Crippen molar-refractivity contribution < 1.29 is 9.53 Å². The van der Waals surface area contributed by atoms with E-state index in [2.05, 4.69) is 55.8 Å². The highest BCUT2D eigenvalue weighted by Gasteiger charge is 2.22. The monoisotopic (exact) mass is 463 g/mol. The number of rotatable bonds is 11. The number of carbonyl (C=O) groups is 1. The van der Waals surface area contributed by atoms with Crippen LogP contribution >= 0.6 is 0 Å². The van der Waals surface area contributed by atoms with Gasteiger partial charge in [0.15, 0.2) is 0 Å². The highest BCUT2D eigenvalue weighted by molar-refractivity contribution is 5.92. The van der Waals surface area contributed by atoms with Gasteiger partial charge in [0.25, 0.3) is 0 Å². The first-order chi connectivity index (χ1) is 16.4. The molecule has 3 rings (SSSR count). The molecule has 2 aromatic rings. The Kier molecular flexibility index (Phi) is 9.73. The van der Waals surface area contributed by atoms with Crippen molar-refractivity contribution in [1.29, 1.82) is 0 Å². The maximum absolute atomic E-state index is 12.6. The lowest BCUT2D eigenvalue weighted by Crippen LogP contribution is -2.41. The van der Waals surface area contributed by atoms with Gasteiger partial charge in [-0.15, -0.1) is 6.58 Å². The topological polar surface area (TPSA) is 44.8 Å². The molecule has 1 saturated heterocycles. The van der Waals surface area contributed by atoms with E-state index in [1.807, 2.05) is 41.3 Å². The first kappa shape index (κ1) is 26.0. The Morgan fingerprint density at radius 2 is 1.82 bits per heavy atom. The third kappa shape index (κ3) is 7.44. The summed E-state index contributed by atoms with van der Waals surface area (Å²) in [4.78, 5) is 17.0. The zero-order valence-corrected chi connectivity index (χ0v) is 21.3. The number of piperidine rings is 1. The van der Waals surface area contributed by atoms with E-state index in [1.54, 1.807) is 6.92 Å². The van der Waals surface area contributed by atoms with Crippen molar-refractivity contribution in [2.45, 2.75) is 65.8 Å². The van der Waals surface area contributed by atoms with Crippen LogP contribution in [0.3, 0.4) is 0 Å². The molecular formula is C29H41N3O2. The molecule has 1 N–H and O–H groups in total. The second kappa shape index (κ2) is 12.7. The zero-order chi connectivity index (χ0) is 24.5. The van der Waals surface area contributed by atoms with Gasteiger partial charge in [-0.1, -0.05) is 43.3 Å². The fraction of sp³-hybridized carbons (Fsp3) is 0.483. The summed E-state index contributed by atoms with van der Waals surface area (Å²) in [7, 11) is 0. The van der Waals surface area contributed by atoms with Crippen LogP contribution in [0.1, 0.15) is 51.7 Å². The van der Waals surface area contributed by atoms with E-state index in [-0.39, 0.29) is 12.0 Å². The SMILES string of the molecule is C=CC(C)CNCc1ccccc1N(Cc1ccc(OC2CCN(C(C)C)CC2)cc1)C(C)=O. The third-order valence-corrected chi connectivity index (χ3v) is 6.62. The van der Waals surface area contributed by atoms with Gasteiger partial charge in [-0.05, 0) is 61.9 Å². The summed E-state index contributed by atoms with van der Waals surface area (Å²) < 4.78 is 6.24. The molecule has 1 unspecified atom stereocenters. The Labute approximate surface area is 205 Å². The summed E-state index contributed by atoms with van der Waals surface area (Å²) in [5.41, 5.74) is 3.15. The van der Waals surface area contributed by atoms with Gasteiger partial charge in [0, 0.05) is 44.8 Å². The molecule has 5 heteroatoms. The van der Waals surface area contributed by atoms with Gasteiger partial charge >= 0.3 is 0 Å². The molecule has 0 aliphatic carbocycles. The normalized spacial score (nSPS) is 15.8. The summed E-state index contributed by atoms with van der Waals surface area (Å²) >= 11 is 0. The zero-order valence-electron chi connectivity index (χ0n) is 21.3. The van der Waals surface area contributed by atoms with E-state index in [0.29, 0.717) is 25.0 Å². The largest absolute Gasteiger partial charge is 0.490 e. The molecule has 0 spiro atoms. The molecule has 0 radical (unpaired) electrons. The van der Waals surface area contributed by atoms with Crippen LogP contribution in [0.25, 0.3) is 0 Å². The minimum Gasteiger partial charge on any atom is -0.490 e. The average molecular weight is 464 g/mol.